The van der Waals surface area contributed by atoms with Crippen molar-refractivity contribution in [2.45, 2.75) is 16.8 Å². The highest BCUT2D eigenvalue weighted by Crippen LogP contribution is 2.36. The minimum atomic E-state index is 0.229. The number of para-hydroxylation sites is 1. The number of allylic oxidation sites excluding steroid dienone is 1. The van der Waals surface area contributed by atoms with Crippen LogP contribution in [0, 0.1) is 0 Å². The quantitative estimate of drug-likeness (QED) is 0.416. The van der Waals surface area contributed by atoms with E-state index in [2.05, 4.69) is 38.9 Å². The molecule has 0 radical (unpaired) electrons. The summed E-state index contributed by atoms with van der Waals surface area (Å²) in [6, 6.07) is 18.4. The molecule has 0 aliphatic rings. The summed E-state index contributed by atoms with van der Waals surface area (Å²) >= 11 is 1.62. The lowest BCUT2D eigenvalue weighted by Crippen LogP contribution is -1.97. The Morgan fingerprint density at radius 2 is 1.83 bits per heavy atom. The summed E-state index contributed by atoms with van der Waals surface area (Å²) in [5.74, 6) is 0. The van der Waals surface area contributed by atoms with Gasteiger partial charge in [0.2, 0.25) is 5.16 Å². The molecule has 2 aromatic heterocycles. The van der Waals surface area contributed by atoms with Crippen LogP contribution in [0.3, 0.4) is 0 Å². The third-order valence-corrected chi connectivity index (χ3v) is 5.04. The molecule has 1 atom stereocenters. The predicted molar refractivity (Wildman–Crippen MR) is 99.0 cm³/mol. The van der Waals surface area contributed by atoms with E-state index in [-0.39, 0.29) is 5.25 Å². The van der Waals surface area contributed by atoms with Gasteiger partial charge in [0, 0.05) is 16.2 Å². The Bertz CT molecular complexity index is 994. The molecule has 4 aromatic rings. The van der Waals surface area contributed by atoms with Gasteiger partial charge in [-0.25, -0.2) is 4.98 Å². The predicted octanol–water partition coefficient (Wildman–Crippen LogP) is 4.92. The van der Waals surface area contributed by atoms with Gasteiger partial charge < -0.3 is 4.98 Å². The van der Waals surface area contributed by atoms with Crippen molar-refractivity contribution in [1.29, 1.82) is 0 Å². The van der Waals surface area contributed by atoms with Crippen molar-refractivity contribution in [2.24, 2.45) is 0 Å². The van der Waals surface area contributed by atoms with Crippen molar-refractivity contribution in [3.63, 3.8) is 0 Å². The molecular weight excluding hydrogens is 316 g/mol. The Morgan fingerprint density at radius 3 is 2.67 bits per heavy atom. The topological polar surface area (TPSA) is 54.5 Å². The smallest absolute Gasteiger partial charge is 0.211 e. The lowest BCUT2D eigenvalue weighted by Gasteiger charge is -2.13. The summed E-state index contributed by atoms with van der Waals surface area (Å²) in [6.45, 7) is 3.87. The van der Waals surface area contributed by atoms with Crippen LogP contribution >= 0.6 is 11.8 Å². The molecular formula is C19H16N4S. The molecule has 5 heteroatoms. The molecule has 4 rings (SSSR count). The van der Waals surface area contributed by atoms with Gasteiger partial charge in [0.1, 0.15) is 5.52 Å². The summed E-state index contributed by atoms with van der Waals surface area (Å²) in [7, 11) is 0. The minimum Gasteiger partial charge on any atom is -0.338 e. The Kier molecular flexibility index (Phi) is 4.01. The average molecular weight is 332 g/mol. The molecule has 0 bridgehead atoms. The van der Waals surface area contributed by atoms with Crippen LogP contribution in [0.1, 0.15) is 17.2 Å². The third kappa shape index (κ3) is 2.78. The van der Waals surface area contributed by atoms with Gasteiger partial charge in [0.25, 0.3) is 0 Å². The van der Waals surface area contributed by atoms with E-state index in [4.69, 9.17) is 0 Å². The summed E-state index contributed by atoms with van der Waals surface area (Å²) < 4.78 is 0. The first-order chi connectivity index (χ1) is 11.8. The first-order valence-electron chi connectivity index (χ1n) is 7.79. The fraction of sp³-hybridized carbons (Fsp3) is 0.105. The maximum Gasteiger partial charge on any atom is 0.211 e. The molecule has 2 heterocycles. The minimum absolute atomic E-state index is 0.229. The molecule has 118 valence electrons. The average Bonchev–Trinajstić information content (AvgIpc) is 3.00. The highest BCUT2D eigenvalue weighted by Gasteiger charge is 2.15. The molecule has 0 spiro atoms. The van der Waals surface area contributed by atoms with Crippen LogP contribution in [0.4, 0.5) is 0 Å². The standard InChI is InChI=1S/C19H16N4S/c1-2-8-16(13-9-4-3-5-10-13)24-19-21-18-17(22-23-19)14-11-6-7-12-15(14)20-18/h2-7,9-12,16H,1,8H2,(H,20,21,23). The number of fused-ring (bicyclic) bond motifs is 3. The Labute approximate surface area is 144 Å². The first kappa shape index (κ1) is 14.9. The fourth-order valence-corrected chi connectivity index (χ4v) is 3.77. The normalized spacial score (nSPS) is 12.5. The number of aromatic nitrogens is 4. The number of hydrogen-bond donors (Lipinski definition) is 1. The maximum absolute atomic E-state index is 4.66. The van der Waals surface area contributed by atoms with E-state index in [1.54, 1.807) is 11.8 Å². The number of nitrogens with one attached hydrogen (secondary N) is 1. The Balaban J connectivity index is 1.70. The van der Waals surface area contributed by atoms with Crippen molar-refractivity contribution in [1.82, 2.24) is 20.2 Å². The lowest BCUT2D eigenvalue weighted by atomic mass is 10.1. The van der Waals surface area contributed by atoms with E-state index in [1.807, 2.05) is 48.5 Å². The van der Waals surface area contributed by atoms with E-state index >= 15 is 0 Å². The van der Waals surface area contributed by atoms with Gasteiger partial charge in [-0.3, -0.25) is 0 Å². The van der Waals surface area contributed by atoms with E-state index in [0.29, 0.717) is 5.16 Å². The van der Waals surface area contributed by atoms with Gasteiger partial charge in [-0.2, -0.15) is 0 Å². The van der Waals surface area contributed by atoms with Crippen molar-refractivity contribution in [2.75, 3.05) is 0 Å². The van der Waals surface area contributed by atoms with Gasteiger partial charge in [-0.05, 0) is 18.1 Å². The number of benzene rings is 2. The number of nitrogens with zero attached hydrogens (tertiary/aromatic N) is 3. The molecule has 24 heavy (non-hydrogen) atoms. The van der Waals surface area contributed by atoms with Crippen LogP contribution in [0.2, 0.25) is 0 Å². The second-order valence-corrected chi connectivity index (χ2v) is 6.67. The summed E-state index contributed by atoms with van der Waals surface area (Å²) in [5, 5.41) is 10.7. The zero-order valence-corrected chi connectivity index (χ0v) is 13.8. The monoisotopic (exact) mass is 332 g/mol. The fourth-order valence-electron chi connectivity index (χ4n) is 2.75. The van der Waals surface area contributed by atoms with Crippen LogP contribution in [0.15, 0.2) is 72.4 Å². The van der Waals surface area contributed by atoms with Crippen LogP contribution in [0.5, 0.6) is 0 Å². The highest BCUT2D eigenvalue weighted by molar-refractivity contribution is 7.99. The molecule has 0 aliphatic carbocycles. The molecule has 1 N–H and O–H groups in total. The number of rotatable bonds is 5. The number of thioether (sulfide) groups is 1. The van der Waals surface area contributed by atoms with Crippen LogP contribution in [0.25, 0.3) is 22.1 Å². The van der Waals surface area contributed by atoms with E-state index in [1.165, 1.54) is 5.56 Å². The van der Waals surface area contributed by atoms with Crippen molar-refractivity contribution >= 4 is 33.8 Å². The summed E-state index contributed by atoms with van der Waals surface area (Å²) in [4.78, 5) is 7.98. The number of hydrogen-bond acceptors (Lipinski definition) is 4. The lowest BCUT2D eigenvalue weighted by molar-refractivity contribution is 0.863. The van der Waals surface area contributed by atoms with Crippen LogP contribution in [-0.4, -0.2) is 20.2 Å². The summed E-state index contributed by atoms with van der Waals surface area (Å²) in [5.41, 5.74) is 3.86. The zero-order valence-electron chi connectivity index (χ0n) is 13.0. The maximum atomic E-state index is 4.66. The van der Waals surface area contributed by atoms with Gasteiger partial charge in [0.05, 0.1) is 0 Å². The molecule has 2 aromatic carbocycles. The second kappa shape index (κ2) is 6.45. The zero-order chi connectivity index (χ0) is 16.4. The van der Waals surface area contributed by atoms with Crippen molar-refractivity contribution in [3.05, 3.63) is 72.8 Å². The van der Waals surface area contributed by atoms with E-state index < -0.39 is 0 Å². The largest absolute Gasteiger partial charge is 0.338 e. The number of aromatic amines is 1. The van der Waals surface area contributed by atoms with Crippen LogP contribution < -0.4 is 0 Å². The molecule has 0 fully saturated rings. The van der Waals surface area contributed by atoms with Gasteiger partial charge in [-0.15, -0.1) is 16.8 Å². The van der Waals surface area contributed by atoms with Gasteiger partial charge in [0.15, 0.2) is 5.65 Å². The molecule has 0 saturated heterocycles. The SMILES string of the molecule is C=CCC(Sc1nnc2c(n1)[nH]c1ccccc12)c1ccccc1. The second-order valence-electron chi connectivity index (χ2n) is 5.50. The van der Waals surface area contributed by atoms with Gasteiger partial charge in [-0.1, -0.05) is 66.4 Å². The summed E-state index contributed by atoms with van der Waals surface area (Å²) in [6.07, 6.45) is 2.78. The van der Waals surface area contributed by atoms with Crippen molar-refractivity contribution < 1.29 is 0 Å². The third-order valence-electron chi connectivity index (χ3n) is 3.90. The Hall–Kier alpha value is -2.66. The number of H-pyrrole nitrogens is 1. The van der Waals surface area contributed by atoms with Gasteiger partial charge >= 0.3 is 0 Å². The molecule has 1 unspecified atom stereocenters. The first-order valence-corrected chi connectivity index (χ1v) is 8.67. The van der Waals surface area contributed by atoms with Crippen molar-refractivity contribution in [3.8, 4) is 0 Å². The molecule has 0 saturated carbocycles. The molecule has 4 nitrogen and oxygen atoms in total. The molecule has 0 aliphatic heterocycles. The molecule has 0 amide bonds. The van der Waals surface area contributed by atoms with Crippen LogP contribution in [-0.2, 0) is 0 Å². The Morgan fingerprint density at radius 1 is 1.04 bits per heavy atom. The highest BCUT2D eigenvalue weighted by atomic mass is 32.2. The van der Waals surface area contributed by atoms with E-state index in [9.17, 15) is 0 Å². The van der Waals surface area contributed by atoms with E-state index in [0.717, 1.165) is 28.5 Å².